The van der Waals surface area contributed by atoms with Gasteiger partial charge >= 0.3 is 0 Å². The van der Waals surface area contributed by atoms with Crippen molar-refractivity contribution in [1.29, 1.82) is 0 Å². The van der Waals surface area contributed by atoms with Crippen LogP contribution in [0.2, 0.25) is 0 Å². The molecule has 2 aromatic carbocycles. The maximum absolute atomic E-state index is 13.8. The van der Waals surface area contributed by atoms with E-state index in [9.17, 15) is 22.7 Å². The number of benzene rings is 2. The number of hydrogen-bond donors (Lipinski definition) is 1. The number of sulfonamides is 1. The van der Waals surface area contributed by atoms with E-state index in [2.05, 4.69) is 4.72 Å². The topological polar surface area (TPSA) is 105 Å². The fraction of sp³-hybridized carbons (Fsp3) is 0.188. The molecular weight excluding hydrogens is 353 g/mol. The SMILES string of the molecule is COc1cccc(CNS(=O)(=O)c2cc(C(=O)[O-])ccc2F)c1OC. The highest BCUT2D eigenvalue weighted by molar-refractivity contribution is 7.89. The van der Waals surface area contributed by atoms with Gasteiger partial charge in [0.15, 0.2) is 11.5 Å². The van der Waals surface area contributed by atoms with E-state index in [1.54, 1.807) is 18.2 Å². The number of hydrogen-bond acceptors (Lipinski definition) is 6. The van der Waals surface area contributed by atoms with E-state index in [-0.39, 0.29) is 6.54 Å². The van der Waals surface area contributed by atoms with E-state index in [0.717, 1.165) is 12.1 Å². The van der Waals surface area contributed by atoms with Crippen molar-refractivity contribution in [2.24, 2.45) is 0 Å². The lowest BCUT2D eigenvalue weighted by atomic mass is 10.2. The van der Waals surface area contributed by atoms with Crippen molar-refractivity contribution in [2.75, 3.05) is 14.2 Å². The molecule has 0 spiro atoms. The number of carboxylic acids is 1. The molecule has 0 amide bonds. The van der Waals surface area contributed by atoms with E-state index in [1.807, 2.05) is 0 Å². The van der Waals surface area contributed by atoms with Crippen molar-refractivity contribution in [2.45, 2.75) is 11.4 Å². The third-order valence-corrected chi connectivity index (χ3v) is 4.81. The molecule has 0 heterocycles. The summed E-state index contributed by atoms with van der Waals surface area (Å²) in [6, 6.07) is 7.27. The summed E-state index contributed by atoms with van der Waals surface area (Å²) in [6.07, 6.45) is 0. The smallest absolute Gasteiger partial charge is 0.243 e. The van der Waals surface area contributed by atoms with Gasteiger partial charge in [-0.3, -0.25) is 0 Å². The average molecular weight is 368 g/mol. The zero-order valence-electron chi connectivity index (χ0n) is 13.4. The van der Waals surface area contributed by atoms with Crippen LogP contribution < -0.4 is 19.3 Å². The van der Waals surface area contributed by atoms with E-state index in [4.69, 9.17) is 9.47 Å². The third kappa shape index (κ3) is 4.06. The largest absolute Gasteiger partial charge is 0.545 e. The highest BCUT2D eigenvalue weighted by atomic mass is 32.2. The van der Waals surface area contributed by atoms with Gasteiger partial charge in [0, 0.05) is 12.1 Å². The minimum Gasteiger partial charge on any atom is -0.545 e. The molecule has 0 saturated carbocycles. The van der Waals surface area contributed by atoms with Gasteiger partial charge < -0.3 is 19.4 Å². The summed E-state index contributed by atoms with van der Waals surface area (Å²) in [4.78, 5) is 10.1. The summed E-state index contributed by atoms with van der Waals surface area (Å²) in [7, 11) is -1.46. The molecule has 0 aliphatic heterocycles. The van der Waals surface area contributed by atoms with Gasteiger partial charge in [0.25, 0.3) is 0 Å². The van der Waals surface area contributed by atoms with Gasteiger partial charge in [-0.1, -0.05) is 18.2 Å². The number of aromatic carboxylic acids is 1. The van der Waals surface area contributed by atoms with Crippen molar-refractivity contribution in [3.05, 3.63) is 53.3 Å². The number of nitrogens with one attached hydrogen (secondary N) is 1. The summed E-state index contributed by atoms with van der Waals surface area (Å²) in [5.74, 6) is -1.94. The van der Waals surface area contributed by atoms with Crippen LogP contribution in [-0.4, -0.2) is 28.6 Å². The lowest BCUT2D eigenvalue weighted by molar-refractivity contribution is -0.255. The predicted molar refractivity (Wildman–Crippen MR) is 84.3 cm³/mol. The Morgan fingerprint density at radius 1 is 1.20 bits per heavy atom. The Kier molecular flexibility index (Phi) is 5.60. The zero-order valence-corrected chi connectivity index (χ0v) is 14.2. The normalized spacial score (nSPS) is 11.2. The Morgan fingerprint density at radius 2 is 1.92 bits per heavy atom. The first-order valence-corrected chi connectivity index (χ1v) is 8.49. The zero-order chi connectivity index (χ0) is 18.6. The second kappa shape index (κ2) is 7.49. The number of para-hydroxylation sites is 1. The van der Waals surface area contributed by atoms with Crippen LogP contribution in [0.4, 0.5) is 4.39 Å². The van der Waals surface area contributed by atoms with Crippen LogP contribution in [0.5, 0.6) is 11.5 Å². The van der Waals surface area contributed by atoms with Gasteiger partial charge in [-0.15, -0.1) is 0 Å². The van der Waals surface area contributed by atoms with Gasteiger partial charge in [-0.05, 0) is 23.8 Å². The standard InChI is InChI=1S/C16H16FNO6S/c1-23-13-5-3-4-11(15(13)24-2)9-18-25(21,22)14-8-10(16(19)20)6-7-12(14)17/h3-8,18H,9H2,1-2H3,(H,19,20)/p-1. The first kappa shape index (κ1) is 18.7. The quantitative estimate of drug-likeness (QED) is 0.771. The summed E-state index contributed by atoms with van der Waals surface area (Å²) in [6.45, 7) is -0.211. The Labute approximate surface area is 144 Å². The Hall–Kier alpha value is -2.65. The summed E-state index contributed by atoms with van der Waals surface area (Å²) >= 11 is 0. The maximum atomic E-state index is 13.8. The summed E-state index contributed by atoms with van der Waals surface area (Å²) < 4.78 is 51.0. The molecule has 2 rings (SSSR count). The number of carbonyl (C=O) groups is 1. The number of rotatable bonds is 7. The first-order valence-electron chi connectivity index (χ1n) is 7.00. The molecule has 0 atom stereocenters. The van der Waals surface area contributed by atoms with Crippen LogP contribution in [0.1, 0.15) is 15.9 Å². The highest BCUT2D eigenvalue weighted by Gasteiger charge is 2.21. The minimum absolute atomic E-state index is 0.211. The van der Waals surface area contributed by atoms with E-state index in [1.165, 1.54) is 14.2 Å². The maximum Gasteiger partial charge on any atom is 0.243 e. The Balaban J connectivity index is 2.32. The number of halogens is 1. The molecule has 1 N–H and O–H groups in total. The number of carbonyl (C=O) groups excluding carboxylic acids is 1. The van der Waals surface area contributed by atoms with Gasteiger partial charge in [0.05, 0.1) is 20.2 Å². The number of methoxy groups -OCH3 is 2. The van der Waals surface area contributed by atoms with Crippen LogP contribution in [0.3, 0.4) is 0 Å². The second-order valence-electron chi connectivity index (χ2n) is 4.91. The third-order valence-electron chi connectivity index (χ3n) is 3.39. The van der Waals surface area contributed by atoms with Gasteiger partial charge in [-0.25, -0.2) is 17.5 Å². The monoisotopic (exact) mass is 368 g/mol. The molecule has 7 nitrogen and oxygen atoms in total. The molecule has 134 valence electrons. The molecule has 0 aromatic heterocycles. The van der Waals surface area contributed by atoms with Gasteiger partial charge in [0.2, 0.25) is 10.0 Å². The highest BCUT2D eigenvalue weighted by Crippen LogP contribution is 2.30. The molecule has 0 radical (unpaired) electrons. The molecule has 0 unspecified atom stereocenters. The lowest BCUT2D eigenvalue weighted by Gasteiger charge is -2.14. The average Bonchev–Trinajstić information content (AvgIpc) is 2.59. The van der Waals surface area contributed by atoms with Crippen LogP contribution in [0.25, 0.3) is 0 Å². The van der Waals surface area contributed by atoms with Gasteiger partial charge in [0.1, 0.15) is 10.7 Å². The predicted octanol–water partition coefficient (Wildman–Crippen LogP) is 0.685. The van der Waals surface area contributed by atoms with Crippen molar-refractivity contribution < 1.29 is 32.2 Å². The molecule has 0 bridgehead atoms. The van der Waals surface area contributed by atoms with E-state index in [0.29, 0.717) is 23.1 Å². The first-order chi connectivity index (χ1) is 11.8. The molecule has 0 aliphatic carbocycles. The lowest BCUT2D eigenvalue weighted by Crippen LogP contribution is -2.26. The molecule has 9 heteroatoms. The van der Waals surface area contributed by atoms with Crippen molar-refractivity contribution in [3.8, 4) is 11.5 Å². The van der Waals surface area contributed by atoms with Crippen LogP contribution in [-0.2, 0) is 16.6 Å². The number of carboxylic acid groups (broad SMARTS) is 1. The summed E-state index contributed by atoms with van der Waals surface area (Å²) in [5, 5.41) is 10.8. The molecular formula is C16H15FNO6S-. The minimum atomic E-state index is -4.30. The Bertz CT molecular complexity index is 897. The summed E-state index contributed by atoms with van der Waals surface area (Å²) in [5.41, 5.74) is 0.0163. The number of ether oxygens (including phenoxy) is 2. The Morgan fingerprint density at radius 3 is 2.52 bits per heavy atom. The van der Waals surface area contributed by atoms with Crippen molar-refractivity contribution in [1.82, 2.24) is 4.72 Å². The molecule has 2 aromatic rings. The fourth-order valence-corrected chi connectivity index (χ4v) is 3.29. The van der Waals surface area contributed by atoms with Crippen LogP contribution >= 0.6 is 0 Å². The van der Waals surface area contributed by atoms with Crippen molar-refractivity contribution in [3.63, 3.8) is 0 Å². The van der Waals surface area contributed by atoms with E-state index >= 15 is 0 Å². The van der Waals surface area contributed by atoms with Gasteiger partial charge in [-0.2, -0.15) is 0 Å². The second-order valence-corrected chi connectivity index (χ2v) is 6.65. The van der Waals surface area contributed by atoms with Crippen LogP contribution in [0, 0.1) is 5.82 Å². The van der Waals surface area contributed by atoms with E-state index < -0.39 is 32.3 Å². The molecule has 0 saturated heterocycles. The van der Waals surface area contributed by atoms with Crippen molar-refractivity contribution >= 4 is 16.0 Å². The van der Waals surface area contributed by atoms with Crippen LogP contribution in [0.15, 0.2) is 41.3 Å². The molecule has 0 fully saturated rings. The fourth-order valence-electron chi connectivity index (χ4n) is 2.18. The molecule has 0 aliphatic rings. The molecule has 25 heavy (non-hydrogen) atoms.